The molecule has 0 spiro atoms. The number of nitrogens with zero attached hydrogens (tertiary/aromatic N) is 3. The molecule has 138 valence electrons. The van der Waals surface area contributed by atoms with Crippen molar-refractivity contribution in [2.75, 3.05) is 29.0 Å². The molecule has 0 aliphatic rings. The summed E-state index contributed by atoms with van der Waals surface area (Å²) >= 11 is 0. The van der Waals surface area contributed by atoms with E-state index in [-0.39, 0.29) is 11.8 Å². The van der Waals surface area contributed by atoms with Crippen LogP contribution in [0.4, 0.5) is 32.3 Å². The quantitative estimate of drug-likeness (QED) is 0.479. The molecule has 0 unspecified atom stereocenters. The Morgan fingerprint density at radius 3 is 2.52 bits per heavy atom. The molecule has 2 heterocycles. The number of anilines is 4. The number of pyridine rings is 1. The van der Waals surface area contributed by atoms with Gasteiger partial charge in [0, 0.05) is 31.0 Å². The van der Waals surface area contributed by atoms with Gasteiger partial charge in [-0.1, -0.05) is 6.07 Å². The first-order valence-corrected chi connectivity index (χ1v) is 8.23. The molecule has 9 heteroatoms. The SMILES string of the molecule is O=C(NCCNc1cc(Nc2ccccn2)ncn1)Nc1ccc(F)cc1. The normalized spacial score (nSPS) is 10.1. The summed E-state index contributed by atoms with van der Waals surface area (Å²) in [5.41, 5.74) is 0.517. The molecule has 1 aromatic carbocycles. The standard InChI is InChI=1S/C18H18FN7O/c19-13-4-6-14(7-5-13)25-18(27)22-10-9-21-16-11-17(24-12-23-16)26-15-3-1-2-8-20-15/h1-8,11-12H,9-10H2,(H2,22,25,27)(H2,20,21,23,24,26). The predicted octanol–water partition coefficient (Wildman–Crippen LogP) is 2.99. The molecule has 3 rings (SSSR count). The monoisotopic (exact) mass is 367 g/mol. The average molecular weight is 367 g/mol. The number of benzene rings is 1. The van der Waals surface area contributed by atoms with Crippen LogP contribution in [0.2, 0.25) is 0 Å². The molecule has 2 aromatic heterocycles. The van der Waals surface area contributed by atoms with Gasteiger partial charge >= 0.3 is 6.03 Å². The number of hydrogen-bond donors (Lipinski definition) is 4. The molecule has 0 aliphatic heterocycles. The number of nitrogens with one attached hydrogen (secondary N) is 4. The van der Waals surface area contributed by atoms with Gasteiger partial charge in [0.1, 0.15) is 29.6 Å². The second kappa shape index (κ2) is 9.09. The van der Waals surface area contributed by atoms with Gasteiger partial charge in [0.05, 0.1) is 0 Å². The van der Waals surface area contributed by atoms with Crippen LogP contribution in [0.3, 0.4) is 0 Å². The summed E-state index contributed by atoms with van der Waals surface area (Å²) in [4.78, 5) is 24.2. The highest BCUT2D eigenvalue weighted by atomic mass is 19.1. The molecule has 0 saturated carbocycles. The van der Waals surface area contributed by atoms with Crippen molar-refractivity contribution in [2.45, 2.75) is 0 Å². The summed E-state index contributed by atoms with van der Waals surface area (Å²) < 4.78 is 12.8. The van der Waals surface area contributed by atoms with E-state index in [0.29, 0.717) is 36.2 Å². The number of hydrogen-bond acceptors (Lipinski definition) is 6. The zero-order chi connectivity index (χ0) is 18.9. The number of amides is 2. The number of urea groups is 1. The molecule has 0 radical (unpaired) electrons. The summed E-state index contributed by atoms with van der Waals surface area (Å²) in [5, 5.41) is 11.5. The number of rotatable bonds is 7. The van der Waals surface area contributed by atoms with Crippen molar-refractivity contribution in [1.29, 1.82) is 0 Å². The Hall–Kier alpha value is -3.75. The Balaban J connectivity index is 1.41. The first-order chi connectivity index (χ1) is 13.2. The van der Waals surface area contributed by atoms with E-state index < -0.39 is 0 Å². The molecule has 0 atom stereocenters. The molecular weight excluding hydrogens is 349 g/mol. The zero-order valence-corrected chi connectivity index (χ0v) is 14.3. The highest BCUT2D eigenvalue weighted by Crippen LogP contribution is 2.13. The molecule has 0 bridgehead atoms. The molecule has 0 fully saturated rings. The van der Waals surface area contributed by atoms with Gasteiger partial charge in [0.15, 0.2) is 0 Å². The van der Waals surface area contributed by atoms with Gasteiger partial charge in [-0.05, 0) is 36.4 Å². The van der Waals surface area contributed by atoms with E-state index in [1.165, 1.54) is 30.6 Å². The highest BCUT2D eigenvalue weighted by Gasteiger charge is 2.02. The fourth-order valence-corrected chi connectivity index (χ4v) is 2.17. The third kappa shape index (κ3) is 5.92. The molecular formula is C18H18FN7O. The summed E-state index contributed by atoms with van der Waals surface area (Å²) in [5.74, 6) is 1.55. The third-order valence-corrected chi connectivity index (χ3v) is 3.41. The Morgan fingerprint density at radius 1 is 0.926 bits per heavy atom. The minimum atomic E-state index is -0.372. The van der Waals surface area contributed by atoms with E-state index in [2.05, 4.69) is 36.2 Å². The van der Waals surface area contributed by atoms with Gasteiger partial charge in [0.25, 0.3) is 0 Å². The topological polar surface area (TPSA) is 104 Å². The van der Waals surface area contributed by atoms with Crippen molar-refractivity contribution in [3.63, 3.8) is 0 Å². The van der Waals surface area contributed by atoms with E-state index in [9.17, 15) is 9.18 Å². The molecule has 8 nitrogen and oxygen atoms in total. The van der Waals surface area contributed by atoms with Crippen molar-refractivity contribution >= 4 is 29.2 Å². The van der Waals surface area contributed by atoms with Crippen molar-refractivity contribution in [2.24, 2.45) is 0 Å². The molecule has 2 amide bonds. The maximum absolute atomic E-state index is 12.8. The summed E-state index contributed by atoms with van der Waals surface area (Å²) in [6.45, 7) is 0.844. The summed E-state index contributed by atoms with van der Waals surface area (Å²) in [6, 6.07) is 12.4. The first kappa shape index (κ1) is 18.1. The maximum atomic E-state index is 12.8. The second-order valence-corrected chi connectivity index (χ2v) is 5.44. The van der Waals surface area contributed by atoms with Crippen LogP contribution in [0, 0.1) is 5.82 Å². The molecule has 27 heavy (non-hydrogen) atoms. The van der Waals surface area contributed by atoms with E-state index >= 15 is 0 Å². The van der Waals surface area contributed by atoms with Crippen LogP contribution in [0.15, 0.2) is 61.1 Å². The van der Waals surface area contributed by atoms with Crippen LogP contribution in [0.5, 0.6) is 0 Å². The van der Waals surface area contributed by atoms with E-state index in [4.69, 9.17) is 0 Å². The van der Waals surface area contributed by atoms with Crippen molar-refractivity contribution in [3.05, 3.63) is 66.9 Å². The molecule has 0 aliphatic carbocycles. The fraction of sp³-hybridized carbons (Fsp3) is 0.111. The smallest absolute Gasteiger partial charge is 0.319 e. The maximum Gasteiger partial charge on any atom is 0.319 e. The van der Waals surface area contributed by atoms with Crippen LogP contribution >= 0.6 is 0 Å². The Bertz CT molecular complexity index is 874. The molecule has 0 saturated heterocycles. The van der Waals surface area contributed by atoms with Gasteiger partial charge in [-0.3, -0.25) is 0 Å². The lowest BCUT2D eigenvalue weighted by Gasteiger charge is -2.10. The highest BCUT2D eigenvalue weighted by molar-refractivity contribution is 5.89. The molecule has 3 aromatic rings. The van der Waals surface area contributed by atoms with Crippen molar-refractivity contribution < 1.29 is 9.18 Å². The number of carbonyl (C=O) groups is 1. The lowest BCUT2D eigenvalue weighted by atomic mass is 10.3. The summed E-state index contributed by atoms with van der Waals surface area (Å²) in [7, 11) is 0. The van der Waals surface area contributed by atoms with Crippen molar-refractivity contribution in [1.82, 2.24) is 20.3 Å². The van der Waals surface area contributed by atoms with Gasteiger partial charge in [-0.2, -0.15) is 0 Å². The van der Waals surface area contributed by atoms with Gasteiger partial charge in [0.2, 0.25) is 0 Å². The van der Waals surface area contributed by atoms with E-state index in [1.807, 2.05) is 18.2 Å². The third-order valence-electron chi connectivity index (χ3n) is 3.41. The Kier molecular flexibility index (Phi) is 6.08. The zero-order valence-electron chi connectivity index (χ0n) is 14.3. The van der Waals surface area contributed by atoms with Gasteiger partial charge < -0.3 is 21.3 Å². The number of halogens is 1. The molecule has 4 N–H and O–H groups in total. The lowest BCUT2D eigenvalue weighted by molar-refractivity contribution is 0.252. The van der Waals surface area contributed by atoms with Gasteiger partial charge in [-0.15, -0.1) is 0 Å². The fourth-order valence-electron chi connectivity index (χ4n) is 2.17. The largest absolute Gasteiger partial charge is 0.368 e. The number of aromatic nitrogens is 3. The predicted molar refractivity (Wildman–Crippen MR) is 101 cm³/mol. The van der Waals surface area contributed by atoms with Gasteiger partial charge in [-0.25, -0.2) is 24.1 Å². The van der Waals surface area contributed by atoms with E-state index in [0.717, 1.165) is 0 Å². The average Bonchev–Trinajstić information content (AvgIpc) is 2.68. The Labute approximate surface area is 155 Å². The van der Waals surface area contributed by atoms with Crippen LogP contribution in [-0.2, 0) is 0 Å². The Morgan fingerprint density at radius 2 is 1.74 bits per heavy atom. The minimum Gasteiger partial charge on any atom is -0.368 e. The summed E-state index contributed by atoms with van der Waals surface area (Å²) in [6.07, 6.45) is 3.12. The van der Waals surface area contributed by atoms with Crippen LogP contribution < -0.4 is 21.3 Å². The number of carbonyl (C=O) groups excluding carboxylic acids is 1. The minimum absolute atomic E-state index is 0.355. The van der Waals surface area contributed by atoms with Crippen molar-refractivity contribution in [3.8, 4) is 0 Å². The lowest BCUT2D eigenvalue weighted by Crippen LogP contribution is -2.32. The van der Waals surface area contributed by atoms with Crippen LogP contribution in [0.1, 0.15) is 0 Å². The van der Waals surface area contributed by atoms with E-state index in [1.54, 1.807) is 12.3 Å². The van der Waals surface area contributed by atoms with Crippen LogP contribution in [-0.4, -0.2) is 34.1 Å². The first-order valence-electron chi connectivity index (χ1n) is 8.23. The second-order valence-electron chi connectivity index (χ2n) is 5.44. The van der Waals surface area contributed by atoms with Crippen LogP contribution in [0.25, 0.3) is 0 Å².